The number of hydrogen-bond donors (Lipinski definition) is 0. The highest BCUT2D eigenvalue weighted by Gasteiger charge is 2.21. The second-order valence-corrected chi connectivity index (χ2v) is 5.39. The maximum Gasteiger partial charge on any atom is 0.00130 e. The maximum atomic E-state index is 2.67. The molecule has 16 heavy (non-hydrogen) atoms. The second-order valence-electron chi connectivity index (χ2n) is 5.39. The highest BCUT2D eigenvalue weighted by atomic mass is 15.1. The minimum absolute atomic E-state index is 0.910. The zero-order valence-corrected chi connectivity index (χ0v) is 9.99. The molecule has 0 aromatic heterocycles. The molecule has 0 saturated carbocycles. The Morgan fingerprint density at radius 3 is 2.62 bits per heavy atom. The molecule has 0 spiro atoms. The van der Waals surface area contributed by atoms with Crippen molar-refractivity contribution < 1.29 is 0 Å². The van der Waals surface area contributed by atoms with Crippen LogP contribution in [0.4, 0.5) is 0 Å². The van der Waals surface area contributed by atoms with Crippen LogP contribution in [0.3, 0.4) is 0 Å². The topological polar surface area (TPSA) is 3.24 Å². The summed E-state index contributed by atoms with van der Waals surface area (Å²) >= 11 is 0. The van der Waals surface area contributed by atoms with Crippen LogP contribution in [-0.4, -0.2) is 24.5 Å². The summed E-state index contributed by atoms with van der Waals surface area (Å²) in [7, 11) is 0. The SMILES string of the molecule is c1ccc2c(c1)CCC(CN1CCCC1)C2. The van der Waals surface area contributed by atoms with Gasteiger partial charge < -0.3 is 4.90 Å². The summed E-state index contributed by atoms with van der Waals surface area (Å²) in [4.78, 5) is 2.67. The molecule has 1 saturated heterocycles. The number of likely N-dealkylation sites (tertiary alicyclic amines) is 1. The number of aryl methyl sites for hydroxylation is 1. The van der Waals surface area contributed by atoms with E-state index in [9.17, 15) is 0 Å². The Morgan fingerprint density at radius 2 is 1.81 bits per heavy atom. The van der Waals surface area contributed by atoms with Crippen molar-refractivity contribution in [1.82, 2.24) is 4.90 Å². The molecule has 1 aliphatic heterocycles. The van der Waals surface area contributed by atoms with Crippen LogP contribution in [0, 0.1) is 5.92 Å². The molecule has 1 aromatic rings. The number of nitrogens with zero attached hydrogens (tertiary/aromatic N) is 1. The molecule has 1 aliphatic carbocycles. The van der Waals surface area contributed by atoms with Crippen LogP contribution in [-0.2, 0) is 12.8 Å². The van der Waals surface area contributed by atoms with E-state index in [-0.39, 0.29) is 0 Å². The van der Waals surface area contributed by atoms with Crippen LogP contribution in [0.2, 0.25) is 0 Å². The van der Waals surface area contributed by atoms with Crippen molar-refractivity contribution in [2.24, 2.45) is 5.92 Å². The molecular formula is C15H21N. The van der Waals surface area contributed by atoms with E-state index in [4.69, 9.17) is 0 Å². The average molecular weight is 215 g/mol. The van der Waals surface area contributed by atoms with Crippen molar-refractivity contribution in [1.29, 1.82) is 0 Å². The molecule has 86 valence electrons. The first kappa shape index (κ1) is 10.3. The molecule has 1 atom stereocenters. The summed E-state index contributed by atoms with van der Waals surface area (Å²) in [6.45, 7) is 4.03. The molecule has 1 aromatic carbocycles. The first-order valence-corrected chi connectivity index (χ1v) is 6.71. The first-order valence-electron chi connectivity index (χ1n) is 6.71. The largest absolute Gasteiger partial charge is 0.303 e. The van der Waals surface area contributed by atoms with Crippen LogP contribution >= 0.6 is 0 Å². The van der Waals surface area contributed by atoms with Crippen molar-refractivity contribution in [3.8, 4) is 0 Å². The van der Waals surface area contributed by atoms with E-state index in [1.165, 1.54) is 51.7 Å². The fourth-order valence-corrected chi connectivity index (χ4v) is 3.26. The molecule has 3 rings (SSSR count). The zero-order valence-electron chi connectivity index (χ0n) is 9.99. The zero-order chi connectivity index (χ0) is 10.8. The maximum absolute atomic E-state index is 2.67. The predicted octanol–water partition coefficient (Wildman–Crippen LogP) is 2.89. The van der Waals surface area contributed by atoms with Crippen molar-refractivity contribution in [2.75, 3.05) is 19.6 Å². The van der Waals surface area contributed by atoms with E-state index in [0.29, 0.717) is 0 Å². The van der Waals surface area contributed by atoms with Gasteiger partial charge in [0.05, 0.1) is 0 Å². The fourth-order valence-electron chi connectivity index (χ4n) is 3.26. The van der Waals surface area contributed by atoms with Crippen molar-refractivity contribution in [2.45, 2.75) is 32.1 Å². The van der Waals surface area contributed by atoms with Crippen LogP contribution in [0.1, 0.15) is 30.4 Å². The lowest BCUT2D eigenvalue weighted by Gasteiger charge is -2.28. The lowest BCUT2D eigenvalue weighted by molar-refractivity contribution is 0.262. The second kappa shape index (κ2) is 4.58. The number of rotatable bonds is 2. The molecule has 0 radical (unpaired) electrons. The van der Waals surface area contributed by atoms with Gasteiger partial charge in [0.2, 0.25) is 0 Å². The quantitative estimate of drug-likeness (QED) is 0.733. The van der Waals surface area contributed by atoms with Gasteiger partial charge in [-0.1, -0.05) is 24.3 Å². The lowest BCUT2D eigenvalue weighted by atomic mass is 9.84. The van der Waals surface area contributed by atoms with E-state index >= 15 is 0 Å². The van der Waals surface area contributed by atoms with Gasteiger partial charge in [-0.2, -0.15) is 0 Å². The van der Waals surface area contributed by atoms with Gasteiger partial charge in [-0.05, 0) is 62.2 Å². The number of hydrogen-bond acceptors (Lipinski definition) is 1. The summed E-state index contributed by atoms with van der Waals surface area (Å²) < 4.78 is 0. The fraction of sp³-hybridized carbons (Fsp3) is 0.600. The average Bonchev–Trinajstić information content (AvgIpc) is 2.82. The summed E-state index contributed by atoms with van der Waals surface area (Å²) in [5, 5.41) is 0. The predicted molar refractivity (Wildman–Crippen MR) is 67.6 cm³/mol. The van der Waals surface area contributed by atoms with Crippen LogP contribution in [0.5, 0.6) is 0 Å². The summed E-state index contributed by atoms with van der Waals surface area (Å²) in [6.07, 6.45) is 6.85. The van der Waals surface area contributed by atoms with Gasteiger partial charge in [-0.3, -0.25) is 0 Å². The molecule has 1 heterocycles. The van der Waals surface area contributed by atoms with Gasteiger partial charge in [0.1, 0.15) is 0 Å². The molecule has 1 unspecified atom stereocenters. The monoisotopic (exact) mass is 215 g/mol. The molecule has 1 fully saturated rings. The Balaban J connectivity index is 1.63. The molecule has 1 heteroatoms. The normalized spacial score (nSPS) is 25.6. The Hall–Kier alpha value is -0.820. The molecule has 0 N–H and O–H groups in total. The Morgan fingerprint density at radius 1 is 1.06 bits per heavy atom. The van der Waals surface area contributed by atoms with Gasteiger partial charge >= 0.3 is 0 Å². The van der Waals surface area contributed by atoms with E-state index in [2.05, 4.69) is 29.2 Å². The summed E-state index contributed by atoms with van der Waals surface area (Å²) in [6, 6.07) is 9.00. The summed E-state index contributed by atoms with van der Waals surface area (Å²) in [5.41, 5.74) is 3.21. The van der Waals surface area contributed by atoms with Crippen LogP contribution in [0.15, 0.2) is 24.3 Å². The minimum Gasteiger partial charge on any atom is -0.303 e. The third-order valence-corrected chi connectivity index (χ3v) is 4.16. The van der Waals surface area contributed by atoms with Crippen LogP contribution < -0.4 is 0 Å². The number of fused-ring (bicyclic) bond motifs is 1. The van der Waals surface area contributed by atoms with E-state index < -0.39 is 0 Å². The van der Waals surface area contributed by atoms with Crippen LogP contribution in [0.25, 0.3) is 0 Å². The lowest BCUT2D eigenvalue weighted by Crippen LogP contribution is -2.30. The van der Waals surface area contributed by atoms with E-state index in [0.717, 1.165) is 5.92 Å². The standard InChI is InChI=1S/C15H21N/c1-2-6-15-11-13(7-8-14(15)5-1)12-16-9-3-4-10-16/h1-2,5-6,13H,3-4,7-12H2. The highest BCUT2D eigenvalue weighted by Crippen LogP contribution is 2.26. The third-order valence-electron chi connectivity index (χ3n) is 4.16. The van der Waals surface area contributed by atoms with Gasteiger partial charge in [0.15, 0.2) is 0 Å². The highest BCUT2D eigenvalue weighted by molar-refractivity contribution is 5.29. The van der Waals surface area contributed by atoms with Gasteiger partial charge in [0.25, 0.3) is 0 Å². The van der Waals surface area contributed by atoms with Crippen molar-refractivity contribution in [3.63, 3.8) is 0 Å². The molecule has 2 aliphatic rings. The minimum atomic E-state index is 0.910. The Kier molecular flexibility index (Phi) is 2.96. The van der Waals surface area contributed by atoms with Gasteiger partial charge in [-0.25, -0.2) is 0 Å². The molecular weight excluding hydrogens is 194 g/mol. The molecule has 0 amide bonds. The first-order chi connectivity index (χ1) is 7.92. The molecule has 1 nitrogen and oxygen atoms in total. The van der Waals surface area contributed by atoms with Crippen molar-refractivity contribution in [3.05, 3.63) is 35.4 Å². The molecule has 0 bridgehead atoms. The number of benzene rings is 1. The third kappa shape index (κ3) is 2.15. The summed E-state index contributed by atoms with van der Waals surface area (Å²) in [5.74, 6) is 0.910. The van der Waals surface area contributed by atoms with Gasteiger partial charge in [0, 0.05) is 6.54 Å². The van der Waals surface area contributed by atoms with Crippen molar-refractivity contribution >= 4 is 0 Å². The Bertz CT molecular complexity index is 352. The smallest absolute Gasteiger partial charge is 0.00130 e. The van der Waals surface area contributed by atoms with Gasteiger partial charge in [-0.15, -0.1) is 0 Å². The Labute approximate surface area is 98.5 Å². The van der Waals surface area contributed by atoms with E-state index in [1.54, 1.807) is 11.1 Å². The van der Waals surface area contributed by atoms with E-state index in [1.807, 2.05) is 0 Å².